The van der Waals surface area contributed by atoms with Crippen molar-refractivity contribution in [2.24, 2.45) is 0 Å². The second-order valence-corrected chi connectivity index (χ2v) is 8.03. The van der Waals surface area contributed by atoms with Crippen LogP contribution < -0.4 is 10.9 Å². The van der Waals surface area contributed by atoms with Crippen molar-refractivity contribution in [2.75, 3.05) is 0 Å². The molecule has 2 N–H and O–H groups in total. The van der Waals surface area contributed by atoms with Crippen LogP contribution in [0.4, 0.5) is 0 Å². The zero-order chi connectivity index (χ0) is 16.8. The number of hydrazine groups is 1. The van der Waals surface area contributed by atoms with Crippen LogP contribution in [0.2, 0.25) is 0 Å². The third-order valence-electron chi connectivity index (χ3n) is 4.47. The van der Waals surface area contributed by atoms with Crippen LogP contribution >= 0.6 is 22.7 Å². The van der Waals surface area contributed by atoms with E-state index in [1.165, 1.54) is 11.1 Å². The second-order valence-electron chi connectivity index (χ2n) is 6.13. The van der Waals surface area contributed by atoms with Crippen molar-refractivity contribution in [3.63, 3.8) is 0 Å². The zero-order valence-corrected chi connectivity index (χ0v) is 15.1. The smallest absolute Gasteiger partial charge is 0.235 e. The first kappa shape index (κ1) is 15.2. The van der Waals surface area contributed by atoms with E-state index in [0.29, 0.717) is 6.04 Å². The predicted octanol–water partition coefficient (Wildman–Crippen LogP) is 3.50. The van der Waals surface area contributed by atoms with E-state index in [0.717, 1.165) is 27.1 Å². The molecule has 1 aliphatic heterocycles. The Morgan fingerprint density at radius 2 is 1.92 bits per heavy atom. The summed E-state index contributed by atoms with van der Waals surface area (Å²) in [5, 5.41) is 16.5. The lowest BCUT2D eigenvalue weighted by atomic mass is 10.0. The van der Waals surface area contributed by atoms with Crippen LogP contribution in [0.3, 0.4) is 0 Å². The number of nitrogens with zero attached hydrogens (tertiary/aromatic N) is 4. The first-order valence-corrected chi connectivity index (χ1v) is 9.82. The van der Waals surface area contributed by atoms with E-state index in [1.54, 1.807) is 22.7 Å². The van der Waals surface area contributed by atoms with Crippen LogP contribution in [-0.4, -0.2) is 19.8 Å². The Balaban J connectivity index is 1.45. The Hall–Kier alpha value is -2.13. The van der Waals surface area contributed by atoms with Gasteiger partial charge in [0.2, 0.25) is 4.96 Å². The summed E-state index contributed by atoms with van der Waals surface area (Å²) in [6.07, 6.45) is 0.960. The highest BCUT2D eigenvalue weighted by Crippen LogP contribution is 2.34. The van der Waals surface area contributed by atoms with Crippen molar-refractivity contribution >= 4 is 27.6 Å². The molecular formula is C17H16N6S2. The molecule has 2 unspecified atom stereocenters. The third-order valence-corrected chi connectivity index (χ3v) is 6.50. The summed E-state index contributed by atoms with van der Waals surface area (Å²) >= 11 is 3.27. The molecule has 8 heteroatoms. The maximum Gasteiger partial charge on any atom is 0.235 e. The standard InChI is InChI=1S/C17H16N6S2/c1-10-7-8-24-14(10)15-20-21-17-23(15)22-16(25-17)13-9-12(18-19-13)11-5-3-2-4-6-11/h2-8,12-13,18-19H,9H2,1H3. The number of fused-ring (bicyclic) bond motifs is 1. The summed E-state index contributed by atoms with van der Waals surface area (Å²) in [7, 11) is 0. The van der Waals surface area contributed by atoms with Gasteiger partial charge in [-0.05, 0) is 35.9 Å². The molecule has 0 amide bonds. The normalized spacial score (nSPS) is 20.5. The summed E-state index contributed by atoms with van der Waals surface area (Å²) in [5.74, 6) is 0.829. The van der Waals surface area contributed by atoms with Crippen molar-refractivity contribution in [3.05, 3.63) is 57.9 Å². The molecule has 1 aliphatic rings. The average Bonchev–Trinajstić information content (AvgIpc) is 3.39. The Morgan fingerprint density at radius 3 is 2.72 bits per heavy atom. The predicted molar refractivity (Wildman–Crippen MR) is 99.5 cm³/mol. The average molecular weight is 368 g/mol. The molecule has 2 atom stereocenters. The number of aromatic nitrogens is 4. The molecule has 126 valence electrons. The van der Waals surface area contributed by atoms with Gasteiger partial charge in [0.15, 0.2) is 5.82 Å². The fraction of sp³-hybridized carbons (Fsp3) is 0.235. The minimum Gasteiger partial charge on any atom is -0.250 e. The Kier molecular flexibility index (Phi) is 3.63. The molecular weight excluding hydrogens is 352 g/mol. The van der Waals surface area contributed by atoms with Crippen molar-refractivity contribution in [2.45, 2.75) is 25.4 Å². The Morgan fingerprint density at radius 1 is 1.08 bits per heavy atom. The van der Waals surface area contributed by atoms with Crippen LogP contribution in [0.25, 0.3) is 15.7 Å². The number of hydrogen-bond donors (Lipinski definition) is 2. The topological polar surface area (TPSA) is 67.1 Å². The summed E-state index contributed by atoms with van der Waals surface area (Å²) in [4.78, 5) is 1.96. The van der Waals surface area contributed by atoms with Crippen molar-refractivity contribution in [3.8, 4) is 10.7 Å². The van der Waals surface area contributed by atoms with Gasteiger partial charge in [-0.15, -0.1) is 21.5 Å². The highest BCUT2D eigenvalue weighted by molar-refractivity contribution is 7.16. The molecule has 0 aliphatic carbocycles. The van der Waals surface area contributed by atoms with Crippen LogP contribution in [0, 0.1) is 6.92 Å². The molecule has 1 aromatic carbocycles. The first-order chi connectivity index (χ1) is 12.3. The van der Waals surface area contributed by atoms with E-state index in [9.17, 15) is 0 Å². The molecule has 4 aromatic rings. The molecule has 0 bridgehead atoms. The second kappa shape index (κ2) is 5.99. The third kappa shape index (κ3) is 2.58. The van der Waals surface area contributed by atoms with Gasteiger partial charge in [-0.25, -0.2) is 10.9 Å². The van der Waals surface area contributed by atoms with Gasteiger partial charge in [-0.2, -0.15) is 9.61 Å². The maximum atomic E-state index is 4.79. The lowest BCUT2D eigenvalue weighted by Crippen LogP contribution is -2.26. The molecule has 0 saturated carbocycles. The molecule has 25 heavy (non-hydrogen) atoms. The fourth-order valence-corrected chi connectivity index (χ4v) is 4.94. The number of aryl methyl sites for hydroxylation is 1. The van der Waals surface area contributed by atoms with Crippen LogP contribution in [0.5, 0.6) is 0 Å². The number of hydrogen-bond acceptors (Lipinski definition) is 7. The number of nitrogens with one attached hydrogen (secondary N) is 2. The maximum absolute atomic E-state index is 4.79. The first-order valence-electron chi connectivity index (χ1n) is 8.12. The van der Waals surface area contributed by atoms with Gasteiger partial charge in [-0.1, -0.05) is 41.7 Å². The van der Waals surface area contributed by atoms with Gasteiger partial charge in [0.1, 0.15) is 5.01 Å². The molecule has 5 rings (SSSR count). The monoisotopic (exact) mass is 368 g/mol. The zero-order valence-electron chi connectivity index (χ0n) is 13.5. The summed E-state index contributed by atoms with van der Waals surface area (Å²) in [6.45, 7) is 2.09. The van der Waals surface area contributed by atoms with Crippen LogP contribution in [-0.2, 0) is 0 Å². The number of rotatable bonds is 3. The van der Waals surface area contributed by atoms with Gasteiger partial charge in [0.05, 0.1) is 10.9 Å². The lowest BCUT2D eigenvalue weighted by Gasteiger charge is -2.08. The van der Waals surface area contributed by atoms with Gasteiger partial charge in [0, 0.05) is 6.04 Å². The number of thiophene rings is 1. The van der Waals surface area contributed by atoms with E-state index in [1.807, 2.05) is 10.6 Å². The van der Waals surface area contributed by atoms with Crippen LogP contribution in [0.1, 0.15) is 34.6 Å². The molecule has 6 nitrogen and oxygen atoms in total. The molecule has 0 radical (unpaired) electrons. The van der Waals surface area contributed by atoms with Crippen molar-refractivity contribution < 1.29 is 0 Å². The summed E-state index contributed by atoms with van der Waals surface area (Å²) < 4.78 is 1.87. The van der Waals surface area contributed by atoms with Gasteiger partial charge < -0.3 is 0 Å². The molecule has 0 spiro atoms. The van der Waals surface area contributed by atoms with E-state index in [-0.39, 0.29) is 6.04 Å². The Labute approximate surface area is 152 Å². The minimum absolute atomic E-state index is 0.175. The lowest BCUT2D eigenvalue weighted by molar-refractivity contribution is 0.551. The molecule has 1 saturated heterocycles. The van der Waals surface area contributed by atoms with E-state index in [4.69, 9.17) is 5.10 Å². The van der Waals surface area contributed by atoms with Gasteiger partial charge in [0.25, 0.3) is 0 Å². The van der Waals surface area contributed by atoms with E-state index < -0.39 is 0 Å². The van der Waals surface area contributed by atoms with E-state index >= 15 is 0 Å². The molecule has 3 aromatic heterocycles. The van der Waals surface area contributed by atoms with Crippen molar-refractivity contribution in [1.29, 1.82) is 0 Å². The van der Waals surface area contributed by atoms with Gasteiger partial charge in [-0.3, -0.25) is 0 Å². The minimum atomic E-state index is 0.175. The number of benzene rings is 1. The summed E-state index contributed by atoms with van der Waals surface area (Å²) in [5.41, 5.74) is 9.25. The van der Waals surface area contributed by atoms with E-state index in [2.05, 4.69) is 63.7 Å². The summed E-state index contributed by atoms with van der Waals surface area (Å²) in [6, 6.07) is 13.1. The van der Waals surface area contributed by atoms with Gasteiger partial charge >= 0.3 is 0 Å². The largest absolute Gasteiger partial charge is 0.250 e. The highest BCUT2D eigenvalue weighted by Gasteiger charge is 2.29. The Bertz CT molecular complexity index is 1020. The quantitative estimate of drug-likeness (QED) is 0.579. The van der Waals surface area contributed by atoms with Crippen LogP contribution in [0.15, 0.2) is 41.8 Å². The highest BCUT2D eigenvalue weighted by atomic mass is 32.1. The molecule has 4 heterocycles. The van der Waals surface area contributed by atoms with Crippen molar-refractivity contribution in [1.82, 2.24) is 30.7 Å². The SMILES string of the molecule is Cc1ccsc1-c1nnc2sc(C3CC(c4ccccc4)NN3)nn12. The molecule has 1 fully saturated rings. The fourth-order valence-electron chi connectivity index (χ4n) is 3.14.